The van der Waals surface area contributed by atoms with Crippen LogP contribution in [0.4, 0.5) is 5.82 Å². The number of rotatable bonds is 3. The second kappa shape index (κ2) is 6.80. The van der Waals surface area contributed by atoms with Gasteiger partial charge in [-0.05, 0) is 41.6 Å². The molecule has 0 spiro atoms. The van der Waals surface area contributed by atoms with Crippen LogP contribution >= 0.6 is 22.6 Å². The average Bonchev–Trinajstić information content (AvgIpc) is 3.05. The summed E-state index contributed by atoms with van der Waals surface area (Å²) in [5, 5.41) is 0. The van der Waals surface area contributed by atoms with Crippen molar-refractivity contribution in [3.05, 3.63) is 39.9 Å². The van der Waals surface area contributed by atoms with Crippen molar-refractivity contribution < 1.29 is 9.47 Å². The SMILES string of the molecule is COc1cccc(-c2nc(N3CCOCC3)c3nc(C)cn3c2I)c1. The number of hydrogen-bond acceptors (Lipinski definition) is 5. The van der Waals surface area contributed by atoms with E-state index in [-0.39, 0.29) is 0 Å². The lowest BCUT2D eigenvalue weighted by atomic mass is 10.1. The maximum absolute atomic E-state index is 5.49. The smallest absolute Gasteiger partial charge is 0.181 e. The largest absolute Gasteiger partial charge is 0.497 e. The van der Waals surface area contributed by atoms with Crippen molar-refractivity contribution in [3.8, 4) is 17.0 Å². The molecule has 0 saturated carbocycles. The van der Waals surface area contributed by atoms with E-state index in [0.29, 0.717) is 13.2 Å². The van der Waals surface area contributed by atoms with Crippen LogP contribution in [-0.4, -0.2) is 47.8 Å². The summed E-state index contributed by atoms with van der Waals surface area (Å²) in [6.07, 6.45) is 2.06. The topological polar surface area (TPSA) is 51.9 Å². The van der Waals surface area contributed by atoms with Crippen LogP contribution in [0.2, 0.25) is 0 Å². The Hall–Kier alpha value is -1.87. The van der Waals surface area contributed by atoms with Crippen molar-refractivity contribution in [2.75, 3.05) is 38.3 Å². The molecular weight excluding hydrogens is 431 g/mol. The molecule has 1 saturated heterocycles. The number of anilines is 1. The molecule has 1 aliphatic rings. The lowest BCUT2D eigenvalue weighted by Crippen LogP contribution is -2.37. The molecule has 0 unspecified atom stereocenters. The average molecular weight is 450 g/mol. The molecule has 0 aliphatic carbocycles. The maximum Gasteiger partial charge on any atom is 0.181 e. The monoisotopic (exact) mass is 450 g/mol. The summed E-state index contributed by atoms with van der Waals surface area (Å²) in [6.45, 7) is 5.10. The molecule has 0 amide bonds. The van der Waals surface area contributed by atoms with E-state index < -0.39 is 0 Å². The first-order chi connectivity index (χ1) is 12.2. The highest BCUT2D eigenvalue weighted by molar-refractivity contribution is 14.1. The normalized spacial score (nSPS) is 14.9. The van der Waals surface area contributed by atoms with Gasteiger partial charge in [-0.25, -0.2) is 9.97 Å². The number of halogens is 1. The Labute approximate surface area is 159 Å². The lowest BCUT2D eigenvalue weighted by molar-refractivity contribution is 0.122. The molecular formula is C18H19IN4O2. The third kappa shape index (κ3) is 3.06. The van der Waals surface area contributed by atoms with E-state index in [9.17, 15) is 0 Å². The van der Waals surface area contributed by atoms with Gasteiger partial charge >= 0.3 is 0 Å². The van der Waals surface area contributed by atoms with Crippen molar-refractivity contribution in [1.82, 2.24) is 14.4 Å². The summed E-state index contributed by atoms with van der Waals surface area (Å²) in [7, 11) is 1.68. The highest BCUT2D eigenvalue weighted by Gasteiger charge is 2.21. The van der Waals surface area contributed by atoms with Gasteiger partial charge in [0.1, 0.15) is 15.1 Å². The predicted molar refractivity (Wildman–Crippen MR) is 105 cm³/mol. The number of nitrogens with zero attached hydrogens (tertiary/aromatic N) is 4. The summed E-state index contributed by atoms with van der Waals surface area (Å²) in [4.78, 5) is 12.0. The van der Waals surface area contributed by atoms with Crippen LogP contribution < -0.4 is 9.64 Å². The summed E-state index contributed by atoms with van der Waals surface area (Å²) < 4.78 is 14.0. The van der Waals surface area contributed by atoms with E-state index in [1.807, 2.05) is 25.1 Å². The van der Waals surface area contributed by atoms with Gasteiger partial charge in [0.05, 0.1) is 26.0 Å². The molecule has 1 aromatic carbocycles. The number of morpholine rings is 1. The van der Waals surface area contributed by atoms with Crippen LogP contribution in [0.1, 0.15) is 5.69 Å². The second-order valence-electron chi connectivity index (χ2n) is 5.98. The Kier molecular flexibility index (Phi) is 4.51. The molecule has 3 heterocycles. The fourth-order valence-electron chi connectivity index (χ4n) is 3.06. The fourth-order valence-corrected chi connectivity index (χ4v) is 3.86. The first-order valence-electron chi connectivity index (χ1n) is 8.19. The number of aryl methyl sites for hydroxylation is 1. The predicted octanol–water partition coefficient (Wildman–Crippen LogP) is 3.15. The molecule has 130 valence electrons. The van der Waals surface area contributed by atoms with E-state index in [1.54, 1.807) is 7.11 Å². The van der Waals surface area contributed by atoms with Gasteiger partial charge in [-0.15, -0.1) is 0 Å². The number of hydrogen-bond donors (Lipinski definition) is 0. The molecule has 25 heavy (non-hydrogen) atoms. The third-order valence-electron chi connectivity index (χ3n) is 4.30. The van der Waals surface area contributed by atoms with Crippen LogP contribution in [0.3, 0.4) is 0 Å². The van der Waals surface area contributed by atoms with Gasteiger partial charge in [0, 0.05) is 24.8 Å². The highest BCUT2D eigenvalue weighted by Crippen LogP contribution is 2.31. The molecule has 6 nitrogen and oxygen atoms in total. The fraction of sp³-hybridized carbons (Fsp3) is 0.333. The van der Waals surface area contributed by atoms with Gasteiger partial charge in [-0.1, -0.05) is 12.1 Å². The Morgan fingerprint density at radius 1 is 1.20 bits per heavy atom. The Bertz CT molecular complexity index is 919. The molecule has 1 fully saturated rings. The molecule has 0 N–H and O–H groups in total. The van der Waals surface area contributed by atoms with E-state index in [0.717, 1.165) is 51.0 Å². The zero-order valence-corrected chi connectivity index (χ0v) is 16.4. The summed E-state index contributed by atoms with van der Waals surface area (Å²) in [5.74, 6) is 1.74. The molecule has 0 bridgehead atoms. The van der Waals surface area contributed by atoms with E-state index in [4.69, 9.17) is 19.4 Å². The maximum atomic E-state index is 5.49. The van der Waals surface area contributed by atoms with Gasteiger partial charge in [-0.2, -0.15) is 0 Å². The van der Waals surface area contributed by atoms with Gasteiger partial charge < -0.3 is 14.4 Å². The van der Waals surface area contributed by atoms with Crippen molar-refractivity contribution >= 4 is 34.1 Å². The highest BCUT2D eigenvalue weighted by atomic mass is 127. The molecule has 2 aromatic heterocycles. The number of methoxy groups -OCH3 is 1. The molecule has 7 heteroatoms. The van der Waals surface area contributed by atoms with Crippen molar-refractivity contribution in [1.29, 1.82) is 0 Å². The minimum Gasteiger partial charge on any atom is -0.497 e. The quantitative estimate of drug-likeness (QED) is 0.574. The first-order valence-corrected chi connectivity index (χ1v) is 9.27. The van der Waals surface area contributed by atoms with Crippen molar-refractivity contribution in [2.24, 2.45) is 0 Å². The number of fused-ring (bicyclic) bond motifs is 1. The van der Waals surface area contributed by atoms with Crippen LogP contribution in [0.5, 0.6) is 5.75 Å². The Morgan fingerprint density at radius 2 is 2.00 bits per heavy atom. The van der Waals surface area contributed by atoms with E-state index in [1.165, 1.54) is 0 Å². The van der Waals surface area contributed by atoms with E-state index in [2.05, 4.69) is 44.2 Å². The van der Waals surface area contributed by atoms with Crippen LogP contribution in [0.15, 0.2) is 30.5 Å². The van der Waals surface area contributed by atoms with Crippen molar-refractivity contribution in [2.45, 2.75) is 6.92 Å². The molecule has 0 atom stereocenters. The van der Waals surface area contributed by atoms with Gasteiger partial charge in [0.15, 0.2) is 11.5 Å². The molecule has 0 radical (unpaired) electrons. The Morgan fingerprint density at radius 3 is 2.76 bits per heavy atom. The number of ether oxygens (including phenoxy) is 2. The zero-order valence-electron chi connectivity index (χ0n) is 14.2. The number of imidazole rings is 1. The zero-order chi connectivity index (χ0) is 17.4. The van der Waals surface area contributed by atoms with Gasteiger partial charge in [0.2, 0.25) is 0 Å². The summed E-state index contributed by atoms with van der Waals surface area (Å²) >= 11 is 2.34. The van der Waals surface area contributed by atoms with Crippen molar-refractivity contribution in [3.63, 3.8) is 0 Å². The summed E-state index contributed by atoms with van der Waals surface area (Å²) in [5.41, 5.74) is 3.85. The second-order valence-corrected chi connectivity index (χ2v) is 7.00. The standard InChI is InChI=1S/C18H19IN4O2/c1-12-11-23-16(19)15(13-4-3-5-14(10-13)24-2)21-17(18(23)20-12)22-6-8-25-9-7-22/h3-5,10-11H,6-9H2,1-2H3. The van der Waals surface area contributed by atoms with Crippen LogP contribution in [0, 0.1) is 10.6 Å². The van der Waals surface area contributed by atoms with Gasteiger partial charge in [-0.3, -0.25) is 4.40 Å². The van der Waals surface area contributed by atoms with E-state index >= 15 is 0 Å². The first kappa shape index (κ1) is 16.6. The number of aromatic nitrogens is 3. The molecule has 1 aliphatic heterocycles. The molecule has 3 aromatic rings. The van der Waals surface area contributed by atoms with Crippen LogP contribution in [0.25, 0.3) is 16.9 Å². The minimum atomic E-state index is 0.716. The number of benzene rings is 1. The molecule has 4 rings (SSSR count). The Balaban J connectivity index is 1.93. The minimum absolute atomic E-state index is 0.716. The third-order valence-corrected chi connectivity index (χ3v) is 5.34. The lowest BCUT2D eigenvalue weighted by Gasteiger charge is -2.28. The summed E-state index contributed by atoms with van der Waals surface area (Å²) in [6, 6.07) is 8.01. The van der Waals surface area contributed by atoms with Gasteiger partial charge in [0.25, 0.3) is 0 Å². The van der Waals surface area contributed by atoms with Crippen LogP contribution in [-0.2, 0) is 4.74 Å².